The fourth-order valence-corrected chi connectivity index (χ4v) is 2.51. The van der Waals surface area contributed by atoms with Crippen LogP contribution in [0.2, 0.25) is 0 Å². The fourth-order valence-electron chi connectivity index (χ4n) is 1.88. The summed E-state index contributed by atoms with van der Waals surface area (Å²) >= 11 is 0. The first-order valence-electron chi connectivity index (χ1n) is 6.23. The van der Waals surface area contributed by atoms with Gasteiger partial charge < -0.3 is 10.2 Å². The van der Waals surface area contributed by atoms with Crippen molar-refractivity contribution in [3.8, 4) is 0 Å². The Hall–Kier alpha value is -1.56. The summed E-state index contributed by atoms with van der Waals surface area (Å²) in [6.07, 6.45) is 2.24. The van der Waals surface area contributed by atoms with Crippen LogP contribution < -0.4 is 5.32 Å². The molecule has 0 unspecified atom stereocenters. The van der Waals surface area contributed by atoms with E-state index in [4.69, 9.17) is 0 Å². The summed E-state index contributed by atoms with van der Waals surface area (Å²) in [4.78, 5) is 13.8. The van der Waals surface area contributed by atoms with E-state index in [2.05, 4.69) is 5.32 Å². The van der Waals surface area contributed by atoms with Gasteiger partial charge in [0.05, 0.1) is 10.9 Å². The van der Waals surface area contributed by atoms with E-state index >= 15 is 0 Å². The lowest BCUT2D eigenvalue weighted by Gasteiger charge is -2.32. The molecule has 1 aliphatic heterocycles. The number of hydrogen-bond donors (Lipinski definition) is 1. The van der Waals surface area contributed by atoms with Crippen molar-refractivity contribution in [2.75, 3.05) is 19.3 Å². The maximum Gasteiger partial charge on any atom is 0.317 e. The molecule has 0 spiro atoms. The Morgan fingerprint density at radius 1 is 1.26 bits per heavy atom. The molecule has 1 heterocycles. The number of urea groups is 1. The van der Waals surface area contributed by atoms with Gasteiger partial charge >= 0.3 is 6.03 Å². The standard InChI is InChI=1S/C13H18N2O3S/c1-10(14-13(16)15-8-3-9-15)11-4-6-12(7-5-11)19(2,17)18/h4-7,10H,3,8-9H2,1-2H3,(H,14,16)/t10-/m0/s1. The number of carbonyl (C=O) groups excluding carboxylic acids is 1. The van der Waals surface area contributed by atoms with Gasteiger partial charge in [-0.2, -0.15) is 0 Å². The van der Waals surface area contributed by atoms with Crippen LogP contribution in [-0.2, 0) is 9.84 Å². The highest BCUT2D eigenvalue weighted by atomic mass is 32.2. The van der Waals surface area contributed by atoms with E-state index in [9.17, 15) is 13.2 Å². The summed E-state index contributed by atoms with van der Waals surface area (Å²) in [7, 11) is -3.17. The van der Waals surface area contributed by atoms with Gasteiger partial charge in [-0.3, -0.25) is 0 Å². The third-order valence-corrected chi connectivity index (χ3v) is 4.42. The summed E-state index contributed by atoms with van der Waals surface area (Å²) in [6, 6.07) is 6.40. The Morgan fingerprint density at radius 3 is 2.26 bits per heavy atom. The quantitative estimate of drug-likeness (QED) is 0.915. The highest BCUT2D eigenvalue weighted by Crippen LogP contribution is 2.17. The number of likely N-dealkylation sites (tertiary alicyclic amines) is 1. The minimum atomic E-state index is -3.17. The third-order valence-electron chi connectivity index (χ3n) is 3.29. The van der Waals surface area contributed by atoms with Gasteiger partial charge in [0.15, 0.2) is 9.84 Å². The molecule has 1 atom stereocenters. The number of benzene rings is 1. The van der Waals surface area contributed by atoms with Crippen molar-refractivity contribution in [3.05, 3.63) is 29.8 Å². The van der Waals surface area contributed by atoms with Gasteiger partial charge in [0.25, 0.3) is 0 Å². The largest absolute Gasteiger partial charge is 0.331 e. The molecule has 19 heavy (non-hydrogen) atoms. The summed E-state index contributed by atoms with van der Waals surface area (Å²) in [5, 5.41) is 2.89. The number of hydrogen-bond acceptors (Lipinski definition) is 3. The van der Waals surface area contributed by atoms with Crippen LogP contribution in [-0.4, -0.2) is 38.7 Å². The normalized spacial score (nSPS) is 16.6. The SMILES string of the molecule is C[C@H](NC(=O)N1CCC1)c1ccc(S(C)(=O)=O)cc1. The van der Waals surface area contributed by atoms with E-state index in [1.165, 1.54) is 6.26 Å². The number of nitrogens with zero attached hydrogens (tertiary/aromatic N) is 1. The second kappa shape index (κ2) is 5.21. The van der Waals surface area contributed by atoms with Crippen LogP contribution in [0.5, 0.6) is 0 Å². The highest BCUT2D eigenvalue weighted by molar-refractivity contribution is 7.90. The molecule has 6 heteroatoms. The molecular weight excluding hydrogens is 264 g/mol. The van der Waals surface area contributed by atoms with Gasteiger partial charge in [-0.15, -0.1) is 0 Å². The van der Waals surface area contributed by atoms with Gasteiger partial charge in [-0.25, -0.2) is 13.2 Å². The van der Waals surface area contributed by atoms with E-state index in [-0.39, 0.29) is 17.0 Å². The zero-order valence-electron chi connectivity index (χ0n) is 11.1. The van der Waals surface area contributed by atoms with Crippen molar-refractivity contribution >= 4 is 15.9 Å². The van der Waals surface area contributed by atoms with Crippen molar-refractivity contribution in [2.45, 2.75) is 24.3 Å². The van der Waals surface area contributed by atoms with Crippen molar-refractivity contribution in [3.63, 3.8) is 0 Å². The molecule has 1 aromatic carbocycles. The Labute approximate surface area is 113 Å². The molecule has 1 N–H and O–H groups in total. The van der Waals surface area contributed by atoms with E-state index in [0.29, 0.717) is 0 Å². The van der Waals surface area contributed by atoms with Crippen LogP contribution in [0, 0.1) is 0 Å². The smallest absolute Gasteiger partial charge is 0.317 e. The van der Waals surface area contributed by atoms with Crippen molar-refractivity contribution in [2.24, 2.45) is 0 Å². The van der Waals surface area contributed by atoms with Crippen LogP contribution in [0.4, 0.5) is 4.79 Å². The summed E-state index contributed by atoms with van der Waals surface area (Å²) in [5.41, 5.74) is 0.890. The average molecular weight is 282 g/mol. The zero-order valence-corrected chi connectivity index (χ0v) is 11.9. The molecular formula is C13H18N2O3S. The first-order valence-corrected chi connectivity index (χ1v) is 8.12. The van der Waals surface area contributed by atoms with Gasteiger partial charge in [0.2, 0.25) is 0 Å². The van der Waals surface area contributed by atoms with Crippen LogP contribution >= 0.6 is 0 Å². The van der Waals surface area contributed by atoms with Gasteiger partial charge in [-0.1, -0.05) is 12.1 Å². The lowest BCUT2D eigenvalue weighted by Crippen LogP contribution is -2.48. The van der Waals surface area contributed by atoms with Crippen LogP contribution in [0.25, 0.3) is 0 Å². The van der Waals surface area contributed by atoms with Crippen LogP contribution in [0.1, 0.15) is 24.9 Å². The monoisotopic (exact) mass is 282 g/mol. The predicted octanol–water partition coefficient (Wildman–Crippen LogP) is 1.57. The number of amides is 2. The van der Waals surface area contributed by atoms with Gasteiger partial charge in [0.1, 0.15) is 0 Å². The summed E-state index contributed by atoms with van der Waals surface area (Å²) in [6.45, 7) is 3.50. The molecule has 0 aromatic heterocycles. The Balaban J connectivity index is 2.03. The second-order valence-electron chi connectivity index (χ2n) is 4.85. The van der Waals surface area contributed by atoms with E-state index < -0.39 is 9.84 Å². The van der Waals surface area contributed by atoms with E-state index in [1.54, 1.807) is 29.2 Å². The molecule has 5 nitrogen and oxygen atoms in total. The molecule has 0 aliphatic carbocycles. The van der Waals surface area contributed by atoms with Gasteiger partial charge in [0, 0.05) is 19.3 Å². The van der Waals surface area contributed by atoms with Crippen molar-refractivity contribution in [1.82, 2.24) is 10.2 Å². The Kier molecular flexibility index (Phi) is 3.80. The number of rotatable bonds is 3. The molecule has 0 radical (unpaired) electrons. The number of nitrogens with one attached hydrogen (secondary N) is 1. The first-order chi connectivity index (χ1) is 8.88. The average Bonchev–Trinajstić information content (AvgIpc) is 2.25. The molecule has 1 saturated heterocycles. The fraction of sp³-hybridized carbons (Fsp3) is 0.462. The number of sulfone groups is 1. The van der Waals surface area contributed by atoms with Gasteiger partial charge in [-0.05, 0) is 31.0 Å². The third kappa shape index (κ3) is 3.26. The van der Waals surface area contributed by atoms with Crippen molar-refractivity contribution < 1.29 is 13.2 Å². The Bertz CT molecular complexity index is 562. The minimum Gasteiger partial charge on any atom is -0.331 e. The molecule has 1 aromatic rings. The van der Waals surface area contributed by atoms with Crippen LogP contribution in [0.3, 0.4) is 0 Å². The van der Waals surface area contributed by atoms with Crippen molar-refractivity contribution in [1.29, 1.82) is 0 Å². The maximum atomic E-state index is 11.8. The minimum absolute atomic E-state index is 0.0639. The molecule has 2 rings (SSSR count). The zero-order chi connectivity index (χ0) is 14.0. The lowest BCUT2D eigenvalue weighted by atomic mass is 10.1. The second-order valence-corrected chi connectivity index (χ2v) is 6.87. The first kappa shape index (κ1) is 13.9. The molecule has 2 amide bonds. The molecule has 1 fully saturated rings. The molecule has 1 aliphatic rings. The Morgan fingerprint density at radius 2 is 1.84 bits per heavy atom. The molecule has 104 valence electrons. The lowest BCUT2D eigenvalue weighted by molar-refractivity contribution is 0.164. The number of carbonyl (C=O) groups is 1. The predicted molar refractivity (Wildman–Crippen MR) is 72.7 cm³/mol. The molecule has 0 saturated carbocycles. The topological polar surface area (TPSA) is 66.5 Å². The highest BCUT2D eigenvalue weighted by Gasteiger charge is 2.21. The van der Waals surface area contributed by atoms with E-state index in [0.717, 1.165) is 25.1 Å². The summed E-state index contributed by atoms with van der Waals surface area (Å²) in [5.74, 6) is 0. The van der Waals surface area contributed by atoms with Crippen LogP contribution in [0.15, 0.2) is 29.2 Å². The van der Waals surface area contributed by atoms with E-state index in [1.807, 2.05) is 6.92 Å². The maximum absolute atomic E-state index is 11.8. The summed E-state index contributed by atoms with van der Waals surface area (Å²) < 4.78 is 22.7. The molecule has 0 bridgehead atoms.